The van der Waals surface area contributed by atoms with Gasteiger partial charge in [0.05, 0.1) is 5.52 Å². The second-order valence-electron chi connectivity index (χ2n) is 6.75. The van der Waals surface area contributed by atoms with Crippen molar-refractivity contribution in [1.29, 1.82) is 0 Å². The highest BCUT2D eigenvalue weighted by atomic mass is 35.5. The van der Waals surface area contributed by atoms with Gasteiger partial charge in [0.25, 0.3) is 0 Å². The van der Waals surface area contributed by atoms with E-state index in [1.807, 2.05) is 67.2 Å². The Labute approximate surface area is 175 Å². The highest BCUT2D eigenvalue weighted by Crippen LogP contribution is 2.31. The Bertz CT molecular complexity index is 926. The van der Waals surface area contributed by atoms with Gasteiger partial charge in [-0.1, -0.05) is 48.9 Å². The van der Waals surface area contributed by atoms with Crippen LogP contribution in [0.5, 0.6) is 0 Å². The fourth-order valence-electron chi connectivity index (χ4n) is 3.11. The molecule has 28 heavy (non-hydrogen) atoms. The predicted octanol–water partition coefficient (Wildman–Crippen LogP) is 5.57. The van der Waals surface area contributed by atoms with Gasteiger partial charge in [0.15, 0.2) is 0 Å². The molecular formula is C22H26ClN3OS. The fraction of sp³-hybridized carbons (Fsp3) is 0.364. The minimum Gasteiger partial charge on any atom is -0.354 e. The third-order valence-corrected chi connectivity index (χ3v) is 6.08. The summed E-state index contributed by atoms with van der Waals surface area (Å²) in [5.74, 6) is 2.23. The SMILES string of the molecule is CCCSCCCNC(=O)[C@H](C)n1nc(-c2ccccc2)c2cc(Cl)ccc21. The first-order valence-corrected chi connectivity index (χ1v) is 11.2. The van der Waals surface area contributed by atoms with Crippen LogP contribution in [0.15, 0.2) is 48.5 Å². The number of thioether (sulfide) groups is 1. The summed E-state index contributed by atoms with van der Waals surface area (Å²) >= 11 is 8.16. The van der Waals surface area contributed by atoms with Crippen LogP contribution >= 0.6 is 23.4 Å². The van der Waals surface area contributed by atoms with Gasteiger partial charge in [-0.2, -0.15) is 16.9 Å². The molecule has 1 amide bonds. The minimum absolute atomic E-state index is 0.0144. The van der Waals surface area contributed by atoms with E-state index in [1.54, 1.807) is 4.68 Å². The molecule has 1 N–H and O–H groups in total. The molecule has 0 radical (unpaired) electrons. The van der Waals surface area contributed by atoms with Crippen LogP contribution in [-0.2, 0) is 4.79 Å². The highest BCUT2D eigenvalue weighted by Gasteiger charge is 2.21. The zero-order valence-corrected chi connectivity index (χ0v) is 17.9. The number of hydrogen-bond donors (Lipinski definition) is 1. The van der Waals surface area contributed by atoms with Gasteiger partial charge in [-0.25, -0.2) is 0 Å². The van der Waals surface area contributed by atoms with E-state index in [1.165, 1.54) is 12.2 Å². The van der Waals surface area contributed by atoms with Crippen molar-refractivity contribution in [2.75, 3.05) is 18.1 Å². The third kappa shape index (κ3) is 4.89. The van der Waals surface area contributed by atoms with E-state index in [9.17, 15) is 4.79 Å². The summed E-state index contributed by atoms with van der Waals surface area (Å²) in [6.07, 6.45) is 2.17. The molecule has 0 aliphatic rings. The zero-order chi connectivity index (χ0) is 19.9. The molecule has 0 unspecified atom stereocenters. The molecule has 3 aromatic rings. The van der Waals surface area contributed by atoms with Gasteiger partial charge in [0.2, 0.25) is 5.91 Å². The molecule has 6 heteroatoms. The number of fused-ring (bicyclic) bond motifs is 1. The van der Waals surface area contributed by atoms with Gasteiger partial charge >= 0.3 is 0 Å². The summed E-state index contributed by atoms with van der Waals surface area (Å²) < 4.78 is 1.80. The van der Waals surface area contributed by atoms with Gasteiger partial charge in [0, 0.05) is 22.5 Å². The number of amides is 1. The van der Waals surface area contributed by atoms with Crippen LogP contribution in [0, 0.1) is 0 Å². The van der Waals surface area contributed by atoms with Crippen molar-refractivity contribution in [2.24, 2.45) is 0 Å². The predicted molar refractivity (Wildman–Crippen MR) is 120 cm³/mol. The summed E-state index contributed by atoms with van der Waals surface area (Å²) in [5, 5.41) is 9.44. The number of nitrogens with one attached hydrogen (secondary N) is 1. The van der Waals surface area contributed by atoms with Crippen molar-refractivity contribution in [3.8, 4) is 11.3 Å². The molecule has 1 heterocycles. The first-order valence-electron chi connectivity index (χ1n) is 9.70. The lowest BCUT2D eigenvalue weighted by Gasteiger charge is -2.14. The van der Waals surface area contributed by atoms with Crippen molar-refractivity contribution >= 4 is 40.2 Å². The Morgan fingerprint density at radius 1 is 1.21 bits per heavy atom. The normalized spacial score (nSPS) is 12.2. The second-order valence-corrected chi connectivity index (χ2v) is 8.41. The van der Waals surface area contributed by atoms with Gasteiger partial charge in [-0.05, 0) is 49.5 Å². The molecule has 4 nitrogen and oxygen atoms in total. The Hall–Kier alpha value is -1.98. The molecule has 0 saturated carbocycles. The van der Waals surface area contributed by atoms with Crippen LogP contribution in [0.2, 0.25) is 5.02 Å². The molecule has 0 aliphatic carbocycles. The summed E-state index contributed by atoms with van der Waals surface area (Å²) in [4.78, 5) is 12.7. The quantitative estimate of drug-likeness (QED) is 0.465. The third-order valence-electron chi connectivity index (χ3n) is 4.57. The van der Waals surface area contributed by atoms with E-state index >= 15 is 0 Å². The van der Waals surface area contributed by atoms with E-state index in [-0.39, 0.29) is 5.91 Å². The Morgan fingerprint density at radius 3 is 2.75 bits per heavy atom. The molecule has 0 bridgehead atoms. The standard InChI is InChI=1S/C22H26ClN3OS/c1-3-13-28-14-7-12-24-22(27)16(2)26-20-11-10-18(23)15-19(20)21(25-26)17-8-5-4-6-9-17/h4-6,8-11,15-16H,3,7,12-14H2,1-2H3,(H,24,27)/t16-/m0/s1. The average Bonchev–Trinajstić information content (AvgIpc) is 3.09. The van der Waals surface area contributed by atoms with E-state index in [0.29, 0.717) is 11.6 Å². The molecule has 0 aliphatic heterocycles. The van der Waals surface area contributed by atoms with E-state index in [4.69, 9.17) is 16.7 Å². The summed E-state index contributed by atoms with van der Waals surface area (Å²) in [6, 6.07) is 15.3. The number of benzene rings is 2. The number of carbonyl (C=O) groups excluding carboxylic acids is 1. The van der Waals surface area contributed by atoms with Crippen LogP contribution < -0.4 is 5.32 Å². The lowest BCUT2D eigenvalue weighted by atomic mass is 10.1. The van der Waals surface area contributed by atoms with E-state index in [0.717, 1.165) is 34.3 Å². The molecule has 148 valence electrons. The monoisotopic (exact) mass is 415 g/mol. The number of rotatable bonds is 9. The maximum atomic E-state index is 12.7. The molecule has 3 rings (SSSR count). The largest absolute Gasteiger partial charge is 0.354 e. The van der Waals surface area contributed by atoms with Crippen molar-refractivity contribution in [3.05, 3.63) is 53.6 Å². The molecule has 1 aromatic heterocycles. The maximum absolute atomic E-state index is 12.7. The smallest absolute Gasteiger partial charge is 0.244 e. The van der Waals surface area contributed by atoms with Crippen LogP contribution in [0.3, 0.4) is 0 Å². The van der Waals surface area contributed by atoms with Crippen LogP contribution in [0.25, 0.3) is 22.2 Å². The van der Waals surface area contributed by atoms with Gasteiger partial charge < -0.3 is 5.32 Å². The summed E-state index contributed by atoms with van der Waals surface area (Å²) in [5.41, 5.74) is 2.76. The van der Waals surface area contributed by atoms with E-state index < -0.39 is 6.04 Å². The average molecular weight is 416 g/mol. The van der Waals surface area contributed by atoms with Gasteiger partial charge in [0.1, 0.15) is 11.7 Å². The second kappa shape index (κ2) is 9.99. The lowest BCUT2D eigenvalue weighted by Crippen LogP contribution is -2.32. The molecule has 0 fully saturated rings. The van der Waals surface area contributed by atoms with Gasteiger partial charge in [-0.15, -0.1) is 0 Å². The minimum atomic E-state index is -0.399. The van der Waals surface area contributed by atoms with Gasteiger partial charge in [-0.3, -0.25) is 9.48 Å². The first-order chi connectivity index (χ1) is 13.6. The maximum Gasteiger partial charge on any atom is 0.244 e. The summed E-state index contributed by atoms with van der Waals surface area (Å²) in [6.45, 7) is 4.76. The Morgan fingerprint density at radius 2 is 2.00 bits per heavy atom. The van der Waals surface area contributed by atoms with Crippen LogP contribution in [0.4, 0.5) is 0 Å². The highest BCUT2D eigenvalue weighted by molar-refractivity contribution is 7.99. The first kappa shape index (κ1) is 20.7. The Balaban J connectivity index is 1.79. The fourth-order valence-corrected chi connectivity index (χ4v) is 4.12. The number of nitrogens with zero attached hydrogens (tertiary/aromatic N) is 2. The number of hydrogen-bond acceptors (Lipinski definition) is 3. The number of aromatic nitrogens is 2. The zero-order valence-electron chi connectivity index (χ0n) is 16.3. The molecule has 1 atom stereocenters. The molecule has 2 aromatic carbocycles. The van der Waals surface area contributed by atoms with Crippen molar-refractivity contribution in [3.63, 3.8) is 0 Å². The van der Waals surface area contributed by atoms with Crippen LogP contribution in [0.1, 0.15) is 32.7 Å². The number of carbonyl (C=O) groups is 1. The molecular weight excluding hydrogens is 390 g/mol. The molecule has 0 saturated heterocycles. The van der Waals surface area contributed by atoms with Crippen molar-refractivity contribution in [2.45, 2.75) is 32.7 Å². The summed E-state index contributed by atoms with van der Waals surface area (Å²) in [7, 11) is 0. The van der Waals surface area contributed by atoms with Crippen molar-refractivity contribution < 1.29 is 4.79 Å². The Kier molecular flexibility index (Phi) is 7.40. The number of halogens is 1. The van der Waals surface area contributed by atoms with Crippen LogP contribution in [-0.4, -0.2) is 33.7 Å². The topological polar surface area (TPSA) is 46.9 Å². The molecule has 0 spiro atoms. The van der Waals surface area contributed by atoms with E-state index in [2.05, 4.69) is 12.2 Å². The van der Waals surface area contributed by atoms with Crippen molar-refractivity contribution in [1.82, 2.24) is 15.1 Å². The lowest BCUT2D eigenvalue weighted by molar-refractivity contribution is -0.124.